The normalized spacial score (nSPS) is 17.5. The largest absolute Gasteiger partial charge is 0.465 e. The third-order valence-electron chi connectivity index (χ3n) is 2.81. The minimum Gasteiger partial charge on any atom is -0.465 e. The van der Waals surface area contributed by atoms with Crippen molar-refractivity contribution in [3.63, 3.8) is 0 Å². The lowest BCUT2D eigenvalue weighted by Gasteiger charge is -2.08. The van der Waals surface area contributed by atoms with Crippen LogP contribution < -0.4 is 0 Å². The number of ether oxygens (including phenoxy) is 1. The van der Waals surface area contributed by atoms with Crippen molar-refractivity contribution in [2.45, 2.75) is 0 Å². The zero-order chi connectivity index (χ0) is 17.7. The van der Waals surface area contributed by atoms with Crippen molar-refractivity contribution in [1.29, 1.82) is 5.26 Å². The fraction of sp³-hybridized carbons (Fsp3) is 0.133. The lowest BCUT2D eigenvalue weighted by atomic mass is 10.00. The van der Waals surface area contributed by atoms with Crippen LogP contribution in [0.4, 0.5) is 0 Å². The molecule has 1 aromatic carbocycles. The number of carbonyl (C=O) groups excluding carboxylic acids is 1. The number of rotatable bonds is 4. The summed E-state index contributed by atoms with van der Waals surface area (Å²) >= 11 is 1.06. The molecule has 1 heterocycles. The highest BCUT2D eigenvalue weighted by molar-refractivity contribution is 8.18. The summed E-state index contributed by atoms with van der Waals surface area (Å²) in [5.74, 6) is -0.555. The van der Waals surface area contributed by atoms with Crippen LogP contribution in [0.15, 0.2) is 46.5 Å². The molecular weight excluding hydrogens is 352 g/mol. The number of allylic oxidation sites excluding steroid dienone is 2. The Morgan fingerprint density at radius 2 is 1.92 bits per heavy atom. The zero-order valence-electron chi connectivity index (χ0n) is 12.7. The van der Waals surface area contributed by atoms with Crippen LogP contribution in [0.25, 0.3) is 5.57 Å². The first-order valence-corrected chi connectivity index (χ1v) is 9.13. The van der Waals surface area contributed by atoms with E-state index in [-0.39, 0.29) is 16.2 Å². The Morgan fingerprint density at radius 3 is 2.50 bits per heavy atom. The van der Waals surface area contributed by atoms with Crippen molar-refractivity contribution >= 4 is 38.5 Å². The van der Waals surface area contributed by atoms with Crippen molar-refractivity contribution in [2.24, 2.45) is 5.16 Å². The monoisotopic (exact) mass is 364 g/mol. The van der Waals surface area contributed by atoms with Gasteiger partial charge in [0.05, 0.1) is 24.5 Å². The zero-order valence-corrected chi connectivity index (χ0v) is 14.3. The van der Waals surface area contributed by atoms with E-state index in [4.69, 9.17) is 4.74 Å². The van der Waals surface area contributed by atoms with Crippen LogP contribution in [-0.4, -0.2) is 32.8 Å². The maximum Gasteiger partial charge on any atom is 0.338 e. The average molecular weight is 364 g/mol. The van der Waals surface area contributed by atoms with Crippen molar-refractivity contribution in [2.75, 3.05) is 13.4 Å². The fourth-order valence-corrected chi connectivity index (χ4v) is 2.95. The molecule has 24 heavy (non-hydrogen) atoms. The molecule has 0 spiro atoms. The topological polar surface area (TPSA) is 106 Å². The number of oxime groups is 1. The van der Waals surface area contributed by atoms with Crippen molar-refractivity contribution in [3.05, 3.63) is 52.4 Å². The molecule has 0 saturated carbocycles. The number of carbonyl (C=O) groups is 1. The van der Waals surface area contributed by atoms with Crippen LogP contribution in [0, 0.1) is 11.3 Å². The molecule has 7 nitrogen and oxygen atoms in total. The third kappa shape index (κ3) is 4.24. The molecule has 0 bridgehead atoms. The summed E-state index contributed by atoms with van der Waals surface area (Å²) < 4.78 is 31.0. The van der Waals surface area contributed by atoms with E-state index in [9.17, 15) is 18.5 Å². The maximum atomic E-state index is 11.9. The standard InChI is InChI=1S/C15H12N2O5S2/c1-21-15(18)11-6-4-3-5-10(11)12(9-16)13-7-8-14(23-13)17-22-24(2,19)20/h3-8H,1-2H3/b13-12-,17-14+. The molecule has 1 aliphatic rings. The van der Waals surface area contributed by atoms with Gasteiger partial charge in [-0.1, -0.05) is 35.1 Å². The molecule has 124 valence electrons. The molecule has 0 amide bonds. The van der Waals surface area contributed by atoms with Gasteiger partial charge in [-0.05, 0) is 18.2 Å². The van der Waals surface area contributed by atoms with Crippen LogP contribution >= 0.6 is 11.8 Å². The van der Waals surface area contributed by atoms with E-state index in [0.29, 0.717) is 10.5 Å². The maximum absolute atomic E-state index is 11.9. The predicted molar refractivity (Wildman–Crippen MR) is 90.4 cm³/mol. The minimum absolute atomic E-state index is 0.252. The summed E-state index contributed by atoms with van der Waals surface area (Å²) in [5, 5.41) is 13.3. The third-order valence-corrected chi connectivity index (χ3v) is 4.14. The molecule has 1 aromatic rings. The van der Waals surface area contributed by atoms with Gasteiger partial charge in [0.1, 0.15) is 11.1 Å². The van der Waals surface area contributed by atoms with Gasteiger partial charge < -0.3 is 4.74 Å². The predicted octanol–water partition coefficient (Wildman–Crippen LogP) is 2.30. The van der Waals surface area contributed by atoms with E-state index in [2.05, 4.69) is 15.5 Å². The molecule has 0 aromatic heterocycles. The van der Waals surface area contributed by atoms with Gasteiger partial charge in [-0.15, -0.1) is 0 Å². The van der Waals surface area contributed by atoms with E-state index in [1.165, 1.54) is 13.2 Å². The second kappa shape index (κ2) is 7.33. The Labute approximate surface area is 143 Å². The van der Waals surface area contributed by atoms with E-state index in [1.54, 1.807) is 30.3 Å². The fourth-order valence-electron chi connectivity index (χ4n) is 1.85. The number of benzene rings is 1. The van der Waals surface area contributed by atoms with Gasteiger partial charge >= 0.3 is 16.1 Å². The Balaban J connectivity index is 2.41. The lowest BCUT2D eigenvalue weighted by molar-refractivity contribution is 0.0600. The highest BCUT2D eigenvalue weighted by Crippen LogP contribution is 2.35. The van der Waals surface area contributed by atoms with Gasteiger partial charge in [-0.3, -0.25) is 4.28 Å². The van der Waals surface area contributed by atoms with Crippen LogP contribution in [0.5, 0.6) is 0 Å². The number of hydrogen-bond donors (Lipinski definition) is 0. The second-order valence-electron chi connectivity index (χ2n) is 4.53. The molecule has 0 N–H and O–H groups in total. The molecule has 9 heteroatoms. The highest BCUT2D eigenvalue weighted by atomic mass is 32.2. The summed E-state index contributed by atoms with van der Waals surface area (Å²) in [7, 11) is -2.45. The van der Waals surface area contributed by atoms with Crippen molar-refractivity contribution in [3.8, 4) is 6.07 Å². The molecule has 0 saturated heterocycles. The minimum atomic E-state index is -3.71. The van der Waals surface area contributed by atoms with Crippen LogP contribution in [0.1, 0.15) is 15.9 Å². The molecule has 2 rings (SSSR count). The van der Waals surface area contributed by atoms with Crippen LogP contribution in [0.3, 0.4) is 0 Å². The molecule has 1 aliphatic heterocycles. The van der Waals surface area contributed by atoms with Gasteiger partial charge in [0.15, 0.2) is 0 Å². The number of nitriles is 1. The summed E-state index contributed by atoms with van der Waals surface area (Å²) in [5.41, 5.74) is 0.932. The average Bonchev–Trinajstić information content (AvgIpc) is 3.01. The molecule has 0 atom stereocenters. The number of nitrogens with zero attached hydrogens (tertiary/aromatic N) is 2. The Kier molecular flexibility index (Phi) is 5.43. The quantitative estimate of drug-likeness (QED) is 0.458. The Hall–Kier alpha value is -2.57. The van der Waals surface area contributed by atoms with Gasteiger partial charge in [-0.25, -0.2) is 4.79 Å². The number of esters is 1. The SMILES string of the molecule is COC(=O)c1ccccc1/C(C#N)=C1C=C/C(=N\OS(C)(=O)=O)S/1. The number of methoxy groups -OCH3 is 1. The van der Waals surface area contributed by atoms with Gasteiger partial charge in [0.25, 0.3) is 0 Å². The summed E-state index contributed by atoms with van der Waals surface area (Å²) in [4.78, 5) is 12.4. The molecule has 0 aliphatic carbocycles. The number of hydrogen-bond acceptors (Lipinski definition) is 8. The van der Waals surface area contributed by atoms with E-state index in [0.717, 1.165) is 18.0 Å². The highest BCUT2D eigenvalue weighted by Gasteiger charge is 2.20. The molecular formula is C15H12N2O5S2. The van der Waals surface area contributed by atoms with Gasteiger partial charge in [0.2, 0.25) is 0 Å². The lowest BCUT2D eigenvalue weighted by Crippen LogP contribution is -2.05. The Bertz CT molecular complexity index is 908. The summed E-state index contributed by atoms with van der Waals surface area (Å²) in [6.07, 6.45) is 4.00. The smallest absolute Gasteiger partial charge is 0.338 e. The van der Waals surface area contributed by atoms with Crippen molar-refractivity contribution < 1.29 is 22.2 Å². The van der Waals surface area contributed by atoms with Gasteiger partial charge in [-0.2, -0.15) is 13.7 Å². The second-order valence-corrected chi connectivity index (χ2v) is 7.15. The number of thioether (sulfide) groups is 1. The first kappa shape index (κ1) is 17.8. The summed E-state index contributed by atoms with van der Waals surface area (Å²) in [6.45, 7) is 0. The van der Waals surface area contributed by atoms with Gasteiger partial charge in [0, 0.05) is 10.5 Å². The summed E-state index contributed by atoms with van der Waals surface area (Å²) in [6, 6.07) is 8.62. The van der Waals surface area contributed by atoms with Crippen LogP contribution in [-0.2, 0) is 19.1 Å². The van der Waals surface area contributed by atoms with E-state index >= 15 is 0 Å². The van der Waals surface area contributed by atoms with Crippen LogP contribution in [0.2, 0.25) is 0 Å². The van der Waals surface area contributed by atoms with E-state index < -0.39 is 16.1 Å². The first-order chi connectivity index (χ1) is 11.4. The Morgan fingerprint density at radius 1 is 1.25 bits per heavy atom. The van der Waals surface area contributed by atoms with E-state index in [1.807, 2.05) is 0 Å². The van der Waals surface area contributed by atoms with Crippen molar-refractivity contribution in [1.82, 2.24) is 0 Å². The first-order valence-electron chi connectivity index (χ1n) is 6.50. The molecule has 0 unspecified atom stereocenters. The molecule has 0 fully saturated rings. The molecule has 0 radical (unpaired) electrons.